The quantitative estimate of drug-likeness (QED) is 0.484. The summed E-state index contributed by atoms with van der Waals surface area (Å²) in [5.41, 5.74) is 1.70. The van der Waals surface area contributed by atoms with Crippen LogP contribution in [0.25, 0.3) is 20.2 Å². The predicted molar refractivity (Wildman–Crippen MR) is 110 cm³/mol. The molecule has 3 heterocycles. The number of aliphatic hydroxyl groups is 1. The van der Waals surface area contributed by atoms with Crippen LogP contribution in [0.1, 0.15) is 18.1 Å². The van der Waals surface area contributed by atoms with Gasteiger partial charge in [-0.3, -0.25) is 0 Å². The Morgan fingerprint density at radius 1 is 1.08 bits per heavy atom. The largest absolute Gasteiger partial charge is 0.388 e. The lowest BCUT2D eigenvalue weighted by molar-refractivity contribution is 0.171. The zero-order valence-electron chi connectivity index (χ0n) is 13.7. The van der Waals surface area contributed by atoms with E-state index >= 15 is 0 Å². The van der Waals surface area contributed by atoms with E-state index < -0.39 is 6.10 Å². The lowest BCUT2D eigenvalue weighted by Gasteiger charge is -2.11. The Hall–Kier alpha value is -2.06. The van der Waals surface area contributed by atoms with Crippen LogP contribution in [0, 0.1) is 0 Å². The first-order chi connectivity index (χ1) is 12.3. The molecule has 3 aromatic heterocycles. The third-order valence-electron chi connectivity index (χ3n) is 3.82. The number of hydrogen-bond acceptors (Lipinski definition) is 7. The van der Waals surface area contributed by atoms with Crippen LogP contribution >= 0.6 is 35.1 Å². The number of halogens is 1. The highest BCUT2D eigenvalue weighted by atomic mass is 35.5. The molecule has 2 N–H and O–H groups in total. The van der Waals surface area contributed by atoms with Crippen LogP contribution < -0.4 is 5.32 Å². The summed E-state index contributed by atoms with van der Waals surface area (Å²) in [5.74, 6) is 0.712. The Morgan fingerprint density at radius 3 is 2.69 bits per heavy atom. The summed E-state index contributed by atoms with van der Waals surface area (Å²) in [6.45, 7) is 0.605. The molecule has 1 atom stereocenters. The fraction of sp³-hybridized carbons (Fsp3) is 0.167. The van der Waals surface area contributed by atoms with E-state index in [9.17, 15) is 5.11 Å². The molecular weight excluding hydrogens is 388 g/mol. The second-order valence-electron chi connectivity index (χ2n) is 5.51. The maximum Gasteiger partial charge on any atom is 0.156 e. The lowest BCUT2D eigenvalue weighted by Crippen LogP contribution is -2.09. The summed E-state index contributed by atoms with van der Waals surface area (Å²) in [6, 6.07) is 13.7. The summed E-state index contributed by atoms with van der Waals surface area (Å²) in [5, 5.41) is 16.5. The molecule has 0 radical (unpaired) electrons. The minimum absolute atomic E-state index is 0. The van der Waals surface area contributed by atoms with E-state index in [0.29, 0.717) is 18.8 Å². The monoisotopic (exact) mass is 404 g/mol. The van der Waals surface area contributed by atoms with Crippen LogP contribution in [0.4, 0.5) is 5.82 Å². The van der Waals surface area contributed by atoms with E-state index in [1.165, 1.54) is 0 Å². The number of benzene rings is 1. The number of thiazole rings is 1. The van der Waals surface area contributed by atoms with Gasteiger partial charge in [-0.1, -0.05) is 47.7 Å². The Morgan fingerprint density at radius 2 is 1.92 bits per heavy atom. The number of nitrogens with one attached hydrogen (secondary N) is 1. The van der Waals surface area contributed by atoms with Gasteiger partial charge in [-0.25, -0.2) is 15.0 Å². The van der Waals surface area contributed by atoms with Gasteiger partial charge in [-0.05, 0) is 23.4 Å². The number of fused-ring (bicyclic) bond motifs is 1. The van der Waals surface area contributed by atoms with Gasteiger partial charge in [-0.15, -0.1) is 23.7 Å². The van der Waals surface area contributed by atoms with Gasteiger partial charge in [-0.2, -0.15) is 0 Å². The molecule has 0 amide bonds. The fourth-order valence-corrected chi connectivity index (χ4v) is 4.26. The van der Waals surface area contributed by atoms with Crippen molar-refractivity contribution in [2.24, 2.45) is 0 Å². The van der Waals surface area contributed by atoms with Crippen LogP contribution in [0.2, 0.25) is 0 Å². The van der Waals surface area contributed by atoms with Gasteiger partial charge < -0.3 is 10.4 Å². The first-order valence-corrected chi connectivity index (χ1v) is 9.63. The first kappa shape index (κ1) is 18.7. The molecule has 134 valence electrons. The Balaban J connectivity index is 0.00000196. The summed E-state index contributed by atoms with van der Waals surface area (Å²) >= 11 is 3.23. The summed E-state index contributed by atoms with van der Waals surface area (Å²) in [6.07, 6.45) is 1.65. The highest BCUT2D eigenvalue weighted by Gasteiger charge is 2.13. The highest BCUT2D eigenvalue weighted by Crippen LogP contribution is 2.33. The van der Waals surface area contributed by atoms with Crippen LogP contribution in [-0.2, 0) is 0 Å². The van der Waals surface area contributed by atoms with Crippen molar-refractivity contribution in [1.82, 2.24) is 15.0 Å². The summed E-state index contributed by atoms with van der Waals surface area (Å²) in [7, 11) is 0. The van der Waals surface area contributed by atoms with Crippen molar-refractivity contribution in [3.8, 4) is 9.88 Å². The molecule has 0 fully saturated rings. The Bertz CT molecular complexity index is 960. The molecule has 1 unspecified atom stereocenters. The van der Waals surface area contributed by atoms with E-state index in [4.69, 9.17) is 4.98 Å². The van der Waals surface area contributed by atoms with Crippen molar-refractivity contribution < 1.29 is 5.11 Å². The number of thiophene rings is 1. The number of aromatic nitrogens is 3. The zero-order valence-corrected chi connectivity index (χ0v) is 16.2. The van der Waals surface area contributed by atoms with Gasteiger partial charge in [0.25, 0.3) is 0 Å². The minimum atomic E-state index is -0.497. The second kappa shape index (κ2) is 8.55. The Labute approximate surface area is 165 Å². The van der Waals surface area contributed by atoms with Crippen molar-refractivity contribution in [1.29, 1.82) is 0 Å². The fourth-order valence-electron chi connectivity index (χ4n) is 2.56. The first-order valence-electron chi connectivity index (χ1n) is 7.93. The highest BCUT2D eigenvalue weighted by molar-refractivity contribution is 7.24. The van der Waals surface area contributed by atoms with Gasteiger partial charge in [0.05, 0.1) is 11.0 Å². The number of rotatable bonds is 6. The van der Waals surface area contributed by atoms with E-state index in [0.717, 1.165) is 25.8 Å². The molecule has 8 heteroatoms. The van der Waals surface area contributed by atoms with Gasteiger partial charge >= 0.3 is 0 Å². The van der Waals surface area contributed by atoms with Gasteiger partial charge in [0, 0.05) is 6.54 Å². The molecule has 0 aliphatic carbocycles. The number of nitrogens with zero attached hydrogens (tertiary/aromatic N) is 3. The third kappa shape index (κ3) is 4.02. The van der Waals surface area contributed by atoms with Crippen molar-refractivity contribution in [3.63, 3.8) is 0 Å². The molecule has 0 aliphatic heterocycles. The molecule has 26 heavy (non-hydrogen) atoms. The maximum absolute atomic E-state index is 10.3. The number of hydrogen-bond donors (Lipinski definition) is 2. The summed E-state index contributed by atoms with van der Waals surface area (Å²) in [4.78, 5) is 15.3. The third-order valence-corrected chi connectivity index (χ3v) is 5.82. The van der Waals surface area contributed by atoms with Gasteiger partial charge in [0.1, 0.15) is 21.7 Å². The minimum Gasteiger partial charge on any atom is -0.388 e. The molecule has 4 rings (SSSR count). The molecule has 0 aliphatic rings. The van der Waals surface area contributed by atoms with Crippen molar-refractivity contribution >= 4 is 51.2 Å². The van der Waals surface area contributed by atoms with Crippen LogP contribution in [0.15, 0.2) is 54.2 Å². The normalized spacial score (nSPS) is 11.9. The number of aliphatic hydroxyl groups excluding tert-OH is 1. The topological polar surface area (TPSA) is 70.9 Å². The zero-order chi connectivity index (χ0) is 17.1. The van der Waals surface area contributed by atoms with Crippen molar-refractivity contribution in [2.45, 2.75) is 12.5 Å². The average molecular weight is 405 g/mol. The average Bonchev–Trinajstić information content (AvgIpc) is 3.32. The smallest absolute Gasteiger partial charge is 0.156 e. The SMILES string of the molecule is Cl.OC(CCNc1ncnc2sc(-c3cccs3)nc12)c1ccccc1. The lowest BCUT2D eigenvalue weighted by atomic mass is 10.1. The van der Waals surface area contributed by atoms with Crippen LogP contribution in [-0.4, -0.2) is 26.6 Å². The molecular formula is C18H17ClN4OS2. The predicted octanol–water partition coefficient (Wildman–Crippen LogP) is 4.77. The van der Waals surface area contributed by atoms with E-state index in [2.05, 4.69) is 21.4 Å². The molecule has 0 bridgehead atoms. The van der Waals surface area contributed by atoms with Crippen molar-refractivity contribution in [2.75, 3.05) is 11.9 Å². The molecule has 1 aromatic carbocycles. The number of anilines is 1. The molecule has 0 saturated heterocycles. The summed E-state index contributed by atoms with van der Waals surface area (Å²) < 4.78 is 0. The van der Waals surface area contributed by atoms with Gasteiger partial charge in [0.15, 0.2) is 5.82 Å². The molecule has 4 aromatic rings. The standard InChI is InChI=1S/C18H16N4OS2.ClH/c23-13(12-5-2-1-3-6-12)8-9-19-16-15-18(21-11-20-16)25-17(22-15)14-7-4-10-24-14;/h1-7,10-11,13,23H,8-9H2,(H,19,20,21);1H. The second-order valence-corrected chi connectivity index (χ2v) is 7.44. The maximum atomic E-state index is 10.3. The van der Waals surface area contributed by atoms with E-state index in [1.54, 1.807) is 29.0 Å². The van der Waals surface area contributed by atoms with Crippen LogP contribution in [0.5, 0.6) is 0 Å². The van der Waals surface area contributed by atoms with E-state index in [1.807, 2.05) is 41.8 Å². The Kier molecular flexibility index (Phi) is 6.16. The van der Waals surface area contributed by atoms with E-state index in [-0.39, 0.29) is 12.4 Å². The van der Waals surface area contributed by atoms with Crippen molar-refractivity contribution in [3.05, 3.63) is 59.7 Å². The molecule has 0 saturated carbocycles. The molecule has 5 nitrogen and oxygen atoms in total. The van der Waals surface area contributed by atoms with Crippen LogP contribution in [0.3, 0.4) is 0 Å². The molecule has 0 spiro atoms. The van der Waals surface area contributed by atoms with Gasteiger partial charge in [0.2, 0.25) is 0 Å².